The van der Waals surface area contributed by atoms with Crippen LogP contribution in [0.4, 0.5) is 0 Å². The summed E-state index contributed by atoms with van der Waals surface area (Å²) in [5, 5.41) is 4.31. The van der Waals surface area contributed by atoms with Crippen LogP contribution in [-0.2, 0) is 10.0 Å². The van der Waals surface area contributed by atoms with Gasteiger partial charge in [-0.3, -0.25) is 0 Å². The smallest absolute Gasteiger partial charge is 0.244 e. The molecule has 1 aromatic heterocycles. The maximum Gasteiger partial charge on any atom is 0.244 e. The number of likely N-dealkylation sites (N-methyl/N-ethyl adjacent to an activating group) is 1. The molecular formula is C16H24N4O2S. The van der Waals surface area contributed by atoms with Gasteiger partial charge in [0.05, 0.1) is 17.6 Å². The van der Waals surface area contributed by atoms with E-state index in [-0.39, 0.29) is 4.90 Å². The number of hydrogen-bond donors (Lipinski definition) is 1. The molecule has 0 atom stereocenters. The lowest BCUT2D eigenvalue weighted by molar-refractivity contribution is 0.309. The number of aryl methyl sites for hydroxylation is 1. The highest BCUT2D eigenvalue weighted by Crippen LogP contribution is 2.16. The van der Waals surface area contributed by atoms with Crippen molar-refractivity contribution in [3.63, 3.8) is 0 Å². The van der Waals surface area contributed by atoms with Crippen LogP contribution in [0.2, 0.25) is 0 Å². The average Bonchev–Trinajstić information content (AvgIpc) is 2.95. The molecule has 0 amide bonds. The molecule has 23 heavy (non-hydrogen) atoms. The second-order valence-corrected chi connectivity index (χ2v) is 7.02. The molecule has 126 valence electrons. The van der Waals surface area contributed by atoms with Crippen LogP contribution in [0, 0.1) is 6.92 Å². The number of rotatable bonds is 8. The summed E-state index contributed by atoms with van der Waals surface area (Å²) in [5.41, 5.74) is 1.32. The van der Waals surface area contributed by atoms with Gasteiger partial charge in [0.1, 0.15) is 4.90 Å². The molecule has 0 spiro atoms. The van der Waals surface area contributed by atoms with Crippen LogP contribution in [0.1, 0.15) is 19.5 Å². The molecule has 0 aliphatic heterocycles. The Hall–Kier alpha value is -1.70. The molecule has 0 bridgehead atoms. The normalized spacial score (nSPS) is 12.0. The minimum Gasteiger partial charge on any atom is -0.303 e. The molecule has 0 saturated carbocycles. The van der Waals surface area contributed by atoms with Gasteiger partial charge in [0.2, 0.25) is 10.0 Å². The first kappa shape index (κ1) is 17.7. The summed E-state index contributed by atoms with van der Waals surface area (Å²) in [7, 11) is -3.55. The number of nitrogens with zero attached hydrogens (tertiary/aromatic N) is 3. The Morgan fingerprint density at radius 1 is 1.17 bits per heavy atom. The van der Waals surface area contributed by atoms with E-state index in [1.165, 1.54) is 0 Å². The van der Waals surface area contributed by atoms with Crippen molar-refractivity contribution in [1.82, 2.24) is 19.4 Å². The van der Waals surface area contributed by atoms with Crippen molar-refractivity contribution in [2.24, 2.45) is 0 Å². The van der Waals surface area contributed by atoms with Crippen molar-refractivity contribution < 1.29 is 8.42 Å². The van der Waals surface area contributed by atoms with E-state index < -0.39 is 10.0 Å². The predicted molar refractivity (Wildman–Crippen MR) is 91.3 cm³/mol. The molecule has 0 aliphatic carbocycles. The van der Waals surface area contributed by atoms with Crippen molar-refractivity contribution in [2.45, 2.75) is 25.7 Å². The Labute approximate surface area is 138 Å². The van der Waals surface area contributed by atoms with Gasteiger partial charge in [0, 0.05) is 13.1 Å². The van der Waals surface area contributed by atoms with Gasteiger partial charge in [-0.05, 0) is 32.1 Å². The van der Waals surface area contributed by atoms with E-state index in [4.69, 9.17) is 0 Å². The average molecular weight is 336 g/mol. The zero-order valence-electron chi connectivity index (χ0n) is 13.9. The summed E-state index contributed by atoms with van der Waals surface area (Å²) in [6, 6.07) is 9.46. The number of nitrogens with one attached hydrogen (secondary N) is 1. The first-order valence-corrected chi connectivity index (χ1v) is 9.30. The number of para-hydroxylation sites is 1. The standard InChI is InChI=1S/C16H24N4O2S/c1-4-19(5-2)12-11-17-23(21,22)16-13-20(18-14(16)3)15-9-7-6-8-10-15/h6-10,13,17H,4-5,11-12H2,1-3H3. The van der Waals surface area contributed by atoms with Gasteiger partial charge >= 0.3 is 0 Å². The van der Waals surface area contributed by atoms with E-state index in [0.29, 0.717) is 18.8 Å². The Kier molecular flexibility index (Phi) is 5.92. The van der Waals surface area contributed by atoms with Gasteiger partial charge in [-0.25, -0.2) is 17.8 Å². The van der Waals surface area contributed by atoms with Crippen LogP contribution in [0.15, 0.2) is 41.4 Å². The first-order valence-electron chi connectivity index (χ1n) is 7.81. The molecule has 2 aromatic rings. The van der Waals surface area contributed by atoms with E-state index >= 15 is 0 Å². The summed E-state index contributed by atoms with van der Waals surface area (Å²) in [6.45, 7) is 8.72. The van der Waals surface area contributed by atoms with Crippen LogP contribution in [0.5, 0.6) is 0 Å². The largest absolute Gasteiger partial charge is 0.303 e. The maximum absolute atomic E-state index is 12.5. The van der Waals surface area contributed by atoms with Crippen molar-refractivity contribution >= 4 is 10.0 Å². The molecule has 0 aliphatic rings. The minimum absolute atomic E-state index is 0.223. The second kappa shape index (κ2) is 7.72. The lowest BCUT2D eigenvalue weighted by atomic mass is 10.3. The van der Waals surface area contributed by atoms with E-state index in [1.807, 2.05) is 30.3 Å². The third kappa shape index (κ3) is 4.40. The highest BCUT2D eigenvalue weighted by molar-refractivity contribution is 7.89. The Balaban J connectivity index is 2.13. The molecule has 0 unspecified atom stereocenters. The molecule has 1 N–H and O–H groups in total. The summed E-state index contributed by atoms with van der Waals surface area (Å²) in [6.07, 6.45) is 1.56. The van der Waals surface area contributed by atoms with Gasteiger partial charge in [-0.1, -0.05) is 32.0 Å². The fourth-order valence-corrected chi connectivity index (χ4v) is 3.56. The highest BCUT2D eigenvalue weighted by Gasteiger charge is 2.20. The summed E-state index contributed by atoms with van der Waals surface area (Å²) in [4.78, 5) is 2.39. The van der Waals surface area contributed by atoms with Crippen LogP contribution < -0.4 is 4.72 Å². The number of sulfonamides is 1. The molecule has 0 radical (unpaired) electrons. The maximum atomic E-state index is 12.5. The van der Waals surface area contributed by atoms with Crippen molar-refractivity contribution in [1.29, 1.82) is 0 Å². The zero-order valence-corrected chi connectivity index (χ0v) is 14.7. The van der Waals surface area contributed by atoms with Crippen molar-refractivity contribution in [2.75, 3.05) is 26.2 Å². The van der Waals surface area contributed by atoms with E-state index in [2.05, 4.69) is 28.6 Å². The van der Waals surface area contributed by atoms with Crippen LogP contribution in [0.3, 0.4) is 0 Å². The van der Waals surface area contributed by atoms with Gasteiger partial charge in [-0.2, -0.15) is 5.10 Å². The number of hydrogen-bond acceptors (Lipinski definition) is 4. The third-order valence-corrected chi connectivity index (χ3v) is 5.34. The fraction of sp³-hybridized carbons (Fsp3) is 0.438. The zero-order chi connectivity index (χ0) is 16.9. The molecule has 7 heteroatoms. The lowest BCUT2D eigenvalue weighted by Gasteiger charge is -2.17. The van der Waals surface area contributed by atoms with Crippen molar-refractivity contribution in [3.8, 4) is 5.69 Å². The number of aromatic nitrogens is 2. The molecule has 0 fully saturated rings. The SMILES string of the molecule is CCN(CC)CCNS(=O)(=O)c1cn(-c2ccccc2)nc1C. The molecule has 1 heterocycles. The Bertz CT molecular complexity index is 722. The van der Waals surface area contributed by atoms with E-state index in [9.17, 15) is 8.42 Å². The Morgan fingerprint density at radius 3 is 2.43 bits per heavy atom. The van der Waals surface area contributed by atoms with Gasteiger partial charge in [0.15, 0.2) is 0 Å². The van der Waals surface area contributed by atoms with E-state index in [0.717, 1.165) is 18.8 Å². The summed E-state index contributed by atoms with van der Waals surface area (Å²) >= 11 is 0. The first-order chi connectivity index (χ1) is 11.0. The topological polar surface area (TPSA) is 67.2 Å². The fourth-order valence-electron chi connectivity index (χ4n) is 2.38. The van der Waals surface area contributed by atoms with Gasteiger partial charge < -0.3 is 4.90 Å². The molecule has 2 rings (SSSR count). The highest BCUT2D eigenvalue weighted by atomic mass is 32.2. The van der Waals surface area contributed by atoms with Crippen LogP contribution in [-0.4, -0.2) is 49.3 Å². The molecular weight excluding hydrogens is 312 g/mol. The minimum atomic E-state index is -3.55. The third-order valence-electron chi connectivity index (χ3n) is 3.78. The number of benzene rings is 1. The second-order valence-electron chi connectivity index (χ2n) is 5.28. The quantitative estimate of drug-likeness (QED) is 0.798. The molecule has 0 saturated heterocycles. The van der Waals surface area contributed by atoms with Gasteiger partial charge in [0.25, 0.3) is 0 Å². The molecule has 1 aromatic carbocycles. The molecule has 6 nitrogen and oxygen atoms in total. The summed E-state index contributed by atoms with van der Waals surface area (Å²) < 4.78 is 29.2. The van der Waals surface area contributed by atoms with Crippen LogP contribution >= 0.6 is 0 Å². The van der Waals surface area contributed by atoms with Gasteiger partial charge in [-0.15, -0.1) is 0 Å². The monoisotopic (exact) mass is 336 g/mol. The predicted octanol–water partition coefficient (Wildman–Crippen LogP) is 1.80. The Morgan fingerprint density at radius 2 is 1.83 bits per heavy atom. The lowest BCUT2D eigenvalue weighted by Crippen LogP contribution is -2.34. The van der Waals surface area contributed by atoms with Crippen molar-refractivity contribution in [3.05, 3.63) is 42.2 Å². The van der Waals surface area contributed by atoms with E-state index in [1.54, 1.807) is 17.8 Å². The summed E-state index contributed by atoms with van der Waals surface area (Å²) in [5.74, 6) is 0. The van der Waals surface area contributed by atoms with Crippen LogP contribution in [0.25, 0.3) is 5.69 Å².